The molecule has 26 heavy (non-hydrogen) atoms. The van der Waals surface area contributed by atoms with Gasteiger partial charge in [0.1, 0.15) is 5.75 Å². The van der Waals surface area contributed by atoms with E-state index in [1.54, 1.807) is 25.5 Å². The zero-order valence-electron chi connectivity index (χ0n) is 15.6. The van der Waals surface area contributed by atoms with Gasteiger partial charge in [-0.1, -0.05) is 12.1 Å². The maximum Gasteiger partial charge on any atom is 0.191 e. The van der Waals surface area contributed by atoms with Crippen molar-refractivity contribution >= 4 is 41.3 Å². The SMILES string of the molecule is CN=C(NCCCOCc1ccc(OC)cc1)NCc1sccc1C.I. The molecule has 0 saturated carbocycles. The zero-order chi connectivity index (χ0) is 17.9. The molecular weight excluding hydrogens is 461 g/mol. The van der Waals surface area contributed by atoms with Gasteiger partial charge in [-0.2, -0.15) is 0 Å². The summed E-state index contributed by atoms with van der Waals surface area (Å²) in [7, 11) is 3.46. The summed E-state index contributed by atoms with van der Waals surface area (Å²) in [5, 5.41) is 8.76. The molecule has 7 heteroatoms. The molecule has 0 unspecified atom stereocenters. The second kappa shape index (κ2) is 12.9. The molecule has 0 bridgehead atoms. The molecular formula is C19H28IN3O2S. The number of methoxy groups -OCH3 is 1. The molecule has 0 spiro atoms. The molecule has 144 valence electrons. The molecule has 2 aromatic rings. The van der Waals surface area contributed by atoms with Gasteiger partial charge < -0.3 is 20.1 Å². The van der Waals surface area contributed by atoms with Crippen molar-refractivity contribution in [2.24, 2.45) is 4.99 Å². The summed E-state index contributed by atoms with van der Waals surface area (Å²) in [6.45, 7) is 5.08. The number of hydrogen-bond acceptors (Lipinski definition) is 4. The van der Waals surface area contributed by atoms with Gasteiger partial charge in [-0.15, -0.1) is 35.3 Å². The van der Waals surface area contributed by atoms with E-state index in [4.69, 9.17) is 9.47 Å². The highest BCUT2D eigenvalue weighted by Gasteiger charge is 2.02. The van der Waals surface area contributed by atoms with Gasteiger partial charge in [0, 0.05) is 25.1 Å². The van der Waals surface area contributed by atoms with Crippen LogP contribution in [0.2, 0.25) is 0 Å². The lowest BCUT2D eigenvalue weighted by atomic mass is 10.2. The highest BCUT2D eigenvalue weighted by molar-refractivity contribution is 14.0. The van der Waals surface area contributed by atoms with Crippen LogP contribution in [0.1, 0.15) is 22.4 Å². The van der Waals surface area contributed by atoms with E-state index >= 15 is 0 Å². The van der Waals surface area contributed by atoms with Gasteiger partial charge in [-0.25, -0.2) is 0 Å². The van der Waals surface area contributed by atoms with E-state index < -0.39 is 0 Å². The summed E-state index contributed by atoms with van der Waals surface area (Å²) in [6, 6.07) is 10.1. The molecule has 0 atom stereocenters. The Balaban J connectivity index is 0.00000338. The van der Waals surface area contributed by atoms with Crippen molar-refractivity contribution in [3.05, 3.63) is 51.7 Å². The molecule has 5 nitrogen and oxygen atoms in total. The first-order chi connectivity index (χ1) is 12.2. The molecule has 0 fully saturated rings. The Morgan fingerprint density at radius 3 is 2.54 bits per heavy atom. The standard InChI is InChI=1S/C19H27N3O2S.HI/c1-15-9-12-25-18(15)13-22-19(20-2)21-10-4-11-24-14-16-5-7-17(23-3)8-6-16;/h5-9,12H,4,10-11,13-14H2,1-3H3,(H2,20,21,22);1H. The maximum atomic E-state index is 5.70. The molecule has 1 heterocycles. The van der Waals surface area contributed by atoms with Crippen molar-refractivity contribution in [1.82, 2.24) is 10.6 Å². The van der Waals surface area contributed by atoms with Crippen molar-refractivity contribution in [2.45, 2.75) is 26.5 Å². The minimum absolute atomic E-state index is 0. The van der Waals surface area contributed by atoms with Gasteiger partial charge in [-0.3, -0.25) is 4.99 Å². The van der Waals surface area contributed by atoms with Crippen LogP contribution in [0.3, 0.4) is 0 Å². The molecule has 0 aliphatic carbocycles. The number of benzene rings is 1. The van der Waals surface area contributed by atoms with Gasteiger partial charge >= 0.3 is 0 Å². The van der Waals surface area contributed by atoms with E-state index in [0.717, 1.165) is 36.8 Å². The Morgan fingerprint density at radius 2 is 1.92 bits per heavy atom. The number of nitrogens with zero attached hydrogens (tertiary/aromatic N) is 1. The number of aliphatic imine (C=N–C) groups is 1. The lowest BCUT2D eigenvalue weighted by Gasteiger charge is -2.12. The van der Waals surface area contributed by atoms with Crippen molar-refractivity contribution in [1.29, 1.82) is 0 Å². The quantitative estimate of drug-likeness (QED) is 0.243. The Hall–Kier alpha value is -1.32. The summed E-state index contributed by atoms with van der Waals surface area (Å²) in [6.07, 6.45) is 0.925. The number of thiophene rings is 1. The number of hydrogen-bond donors (Lipinski definition) is 2. The van der Waals surface area contributed by atoms with Crippen molar-refractivity contribution < 1.29 is 9.47 Å². The molecule has 0 saturated heterocycles. The number of halogens is 1. The van der Waals surface area contributed by atoms with Crippen LogP contribution < -0.4 is 15.4 Å². The van der Waals surface area contributed by atoms with Crippen molar-refractivity contribution in [3.63, 3.8) is 0 Å². The van der Waals surface area contributed by atoms with Crippen LogP contribution in [0.5, 0.6) is 5.75 Å². The monoisotopic (exact) mass is 489 g/mol. The normalized spacial score (nSPS) is 11.0. The van der Waals surface area contributed by atoms with Gasteiger partial charge in [0.05, 0.1) is 20.3 Å². The first-order valence-corrected chi connectivity index (χ1v) is 9.29. The van der Waals surface area contributed by atoms with E-state index in [2.05, 4.69) is 34.0 Å². The highest BCUT2D eigenvalue weighted by Crippen LogP contribution is 2.14. The highest BCUT2D eigenvalue weighted by atomic mass is 127. The summed E-state index contributed by atoms with van der Waals surface area (Å²) in [4.78, 5) is 5.58. The second-order valence-corrected chi connectivity index (χ2v) is 6.63. The second-order valence-electron chi connectivity index (χ2n) is 5.63. The number of guanidine groups is 1. The van der Waals surface area contributed by atoms with Crippen LogP contribution in [0, 0.1) is 6.92 Å². The molecule has 0 radical (unpaired) electrons. The third-order valence-electron chi connectivity index (χ3n) is 3.79. The fraction of sp³-hybridized carbons (Fsp3) is 0.421. The molecule has 1 aromatic heterocycles. The molecule has 2 rings (SSSR count). The Labute approximate surface area is 177 Å². The largest absolute Gasteiger partial charge is 0.497 e. The van der Waals surface area contributed by atoms with Gasteiger partial charge in [0.2, 0.25) is 0 Å². The van der Waals surface area contributed by atoms with Gasteiger partial charge in [-0.05, 0) is 48.1 Å². The molecule has 2 N–H and O–H groups in total. The van der Waals surface area contributed by atoms with Gasteiger partial charge in [0.15, 0.2) is 5.96 Å². The predicted molar refractivity (Wildman–Crippen MR) is 120 cm³/mol. The lowest BCUT2D eigenvalue weighted by Crippen LogP contribution is -2.37. The van der Waals surface area contributed by atoms with Crippen LogP contribution in [-0.2, 0) is 17.9 Å². The Bertz CT molecular complexity index is 659. The minimum Gasteiger partial charge on any atom is -0.497 e. The summed E-state index contributed by atoms with van der Waals surface area (Å²) >= 11 is 1.76. The average Bonchev–Trinajstić information content (AvgIpc) is 3.06. The topological polar surface area (TPSA) is 54.9 Å². The fourth-order valence-electron chi connectivity index (χ4n) is 2.26. The van der Waals surface area contributed by atoms with E-state index in [-0.39, 0.29) is 24.0 Å². The van der Waals surface area contributed by atoms with Crippen molar-refractivity contribution in [2.75, 3.05) is 27.3 Å². The minimum atomic E-state index is 0. The predicted octanol–water partition coefficient (Wildman–Crippen LogP) is 3.96. The third-order valence-corrected chi connectivity index (χ3v) is 4.82. The molecule has 0 amide bonds. The van der Waals surface area contributed by atoms with E-state index in [0.29, 0.717) is 13.2 Å². The van der Waals surface area contributed by atoms with E-state index in [9.17, 15) is 0 Å². The average molecular weight is 489 g/mol. The van der Waals surface area contributed by atoms with Crippen LogP contribution >= 0.6 is 35.3 Å². The van der Waals surface area contributed by atoms with Crippen LogP contribution in [-0.4, -0.2) is 33.3 Å². The van der Waals surface area contributed by atoms with Gasteiger partial charge in [0.25, 0.3) is 0 Å². The number of aryl methyl sites for hydroxylation is 1. The zero-order valence-corrected chi connectivity index (χ0v) is 18.7. The van der Waals surface area contributed by atoms with Crippen molar-refractivity contribution in [3.8, 4) is 5.75 Å². The maximum absolute atomic E-state index is 5.70. The van der Waals surface area contributed by atoms with Crippen LogP contribution in [0.4, 0.5) is 0 Å². The fourth-order valence-corrected chi connectivity index (χ4v) is 3.11. The Morgan fingerprint density at radius 1 is 1.15 bits per heavy atom. The van der Waals surface area contributed by atoms with E-state index in [1.807, 2.05) is 24.3 Å². The first kappa shape index (κ1) is 22.7. The number of nitrogens with one attached hydrogen (secondary N) is 2. The summed E-state index contributed by atoms with van der Waals surface area (Å²) < 4.78 is 10.8. The number of ether oxygens (including phenoxy) is 2. The molecule has 0 aliphatic heterocycles. The van der Waals surface area contributed by atoms with Crippen LogP contribution in [0.25, 0.3) is 0 Å². The summed E-state index contributed by atoms with van der Waals surface area (Å²) in [5.41, 5.74) is 2.47. The third kappa shape index (κ3) is 7.92. The lowest BCUT2D eigenvalue weighted by molar-refractivity contribution is 0.119. The van der Waals surface area contributed by atoms with E-state index in [1.165, 1.54) is 10.4 Å². The number of rotatable bonds is 9. The first-order valence-electron chi connectivity index (χ1n) is 8.41. The Kier molecular flexibility index (Phi) is 11.3. The molecule has 1 aromatic carbocycles. The van der Waals surface area contributed by atoms with Crippen LogP contribution in [0.15, 0.2) is 40.7 Å². The summed E-state index contributed by atoms with van der Waals surface area (Å²) in [5.74, 6) is 1.69. The smallest absolute Gasteiger partial charge is 0.191 e. The molecule has 0 aliphatic rings.